The van der Waals surface area contributed by atoms with Crippen molar-refractivity contribution >= 4 is 19.7 Å². The second-order valence-corrected chi connectivity index (χ2v) is 7.09. The zero-order valence-electron chi connectivity index (χ0n) is 14.6. The summed E-state index contributed by atoms with van der Waals surface area (Å²) in [6, 6.07) is 4.27. The first-order chi connectivity index (χ1) is 11.5. The molecule has 1 aliphatic rings. The number of sulfonamides is 1. The molecule has 2 rings (SSSR count). The van der Waals surface area contributed by atoms with Gasteiger partial charge in [0.1, 0.15) is 11.5 Å². The van der Waals surface area contributed by atoms with Crippen LogP contribution in [0, 0.1) is 7.43 Å². The minimum atomic E-state index is -3.69. The van der Waals surface area contributed by atoms with Crippen molar-refractivity contribution < 1.29 is 35.2 Å². The van der Waals surface area contributed by atoms with Crippen LogP contribution in [0.25, 0.3) is 10.5 Å². The van der Waals surface area contributed by atoms with Crippen LogP contribution in [0.15, 0.2) is 18.2 Å². The van der Waals surface area contributed by atoms with Crippen LogP contribution >= 0.6 is 9.69 Å². The average Bonchev–Trinajstić information content (AvgIpc) is 2.58. The SMILES string of the molecule is COc1cccc(OC)c1CS(=O)(=O)[N-]C1CCCCC1[NH-].[CH3-].[Cl][Ru+3]. The van der Waals surface area contributed by atoms with Gasteiger partial charge in [0.2, 0.25) is 0 Å². The Balaban J connectivity index is 0.00000185. The molecule has 0 spiro atoms. The van der Waals surface area contributed by atoms with E-state index in [2.05, 4.69) is 14.4 Å². The van der Waals surface area contributed by atoms with Crippen LogP contribution < -0.4 is 9.47 Å². The molecule has 6 nitrogen and oxygen atoms in total. The summed E-state index contributed by atoms with van der Waals surface area (Å²) in [5, 5.41) is 0. The third-order valence-corrected chi connectivity index (χ3v) is 5.13. The van der Waals surface area contributed by atoms with E-state index in [-0.39, 0.29) is 13.2 Å². The molecule has 2 atom stereocenters. The van der Waals surface area contributed by atoms with Gasteiger partial charge in [0.25, 0.3) is 0 Å². The van der Waals surface area contributed by atoms with Crippen molar-refractivity contribution in [3.63, 3.8) is 0 Å². The third-order valence-electron chi connectivity index (χ3n) is 3.88. The van der Waals surface area contributed by atoms with E-state index in [1.807, 2.05) is 17.3 Å². The van der Waals surface area contributed by atoms with Crippen LogP contribution in [0.2, 0.25) is 0 Å². The quantitative estimate of drug-likeness (QED) is 0.448. The molecule has 1 aliphatic carbocycles. The first-order valence-corrected chi connectivity index (χ1v) is 11.3. The number of methoxy groups -OCH3 is 2. The van der Waals surface area contributed by atoms with E-state index in [1.54, 1.807) is 18.2 Å². The molecule has 1 aromatic carbocycles. The maximum absolute atomic E-state index is 12.4. The molecular formula is C16H25ClN2O4RuS. The van der Waals surface area contributed by atoms with Crippen molar-refractivity contribution in [1.82, 2.24) is 0 Å². The summed E-state index contributed by atoms with van der Waals surface area (Å²) in [7, 11) is 3.86. The van der Waals surface area contributed by atoms with Crippen LogP contribution in [0.3, 0.4) is 0 Å². The number of hydrogen-bond acceptors (Lipinski definition) is 4. The van der Waals surface area contributed by atoms with Gasteiger partial charge in [0, 0.05) is 5.56 Å². The van der Waals surface area contributed by atoms with Crippen LogP contribution in [-0.2, 0) is 33.1 Å². The predicted molar refractivity (Wildman–Crippen MR) is 98.2 cm³/mol. The molecule has 1 aromatic rings. The van der Waals surface area contributed by atoms with Crippen molar-refractivity contribution in [2.45, 2.75) is 43.5 Å². The molecule has 2 unspecified atom stereocenters. The number of nitrogens with one attached hydrogen (secondary N) is 1. The van der Waals surface area contributed by atoms with Crippen LogP contribution in [0.1, 0.15) is 31.2 Å². The molecule has 9 heteroatoms. The number of halogens is 1. The molecule has 0 heterocycles. The first-order valence-electron chi connectivity index (χ1n) is 7.46. The van der Waals surface area contributed by atoms with E-state index in [0.29, 0.717) is 29.9 Å². The monoisotopic (exact) mass is 478 g/mol. The maximum atomic E-state index is 12.4. The first kappa shape index (κ1) is 24.6. The number of nitrogens with zero attached hydrogens (tertiary/aromatic N) is 1. The fraction of sp³-hybridized carbons (Fsp3) is 0.562. The van der Waals surface area contributed by atoms with Gasteiger partial charge in [-0.25, -0.2) is 8.42 Å². The Labute approximate surface area is 165 Å². The molecule has 1 saturated carbocycles. The fourth-order valence-corrected chi connectivity index (χ4v) is 4.12. The number of benzene rings is 1. The van der Waals surface area contributed by atoms with Gasteiger partial charge < -0.3 is 27.4 Å². The molecule has 0 aromatic heterocycles. The third kappa shape index (κ3) is 7.39. The van der Waals surface area contributed by atoms with Crippen molar-refractivity contribution in [2.24, 2.45) is 0 Å². The van der Waals surface area contributed by atoms with E-state index in [0.717, 1.165) is 12.8 Å². The van der Waals surface area contributed by atoms with E-state index in [4.69, 9.17) is 15.2 Å². The van der Waals surface area contributed by atoms with Crippen LogP contribution in [0.4, 0.5) is 0 Å². The molecule has 1 N–H and O–H groups in total. The Kier molecular flexibility index (Phi) is 11.9. The van der Waals surface area contributed by atoms with E-state index >= 15 is 0 Å². The summed E-state index contributed by atoms with van der Waals surface area (Å²) in [5.41, 5.74) is 8.40. The van der Waals surface area contributed by atoms with Gasteiger partial charge in [0.05, 0.1) is 30.0 Å². The van der Waals surface area contributed by atoms with Gasteiger partial charge in [-0.2, -0.15) is 6.04 Å². The summed E-state index contributed by atoms with van der Waals surface area (Å²) in [6.07, 6.45) is 3.27. The summed E-state index contributed by atoms with van der Waals surface area (Å²) < 4.78 is 39.2. The second-order valence-electron chi connectivity index (χ2n) is 5.43. The van der Waals surface area contributed by atoms with Gasteiger partial charge in [-0.15, -0.1) is 6.04 Å². The normalized spacial score (nSPS) is 19.8. The Morgan fingerprint density at radius 3 is 2.20 bits per heavy atom. The molecule has 0 saturated heterocycles. The molecule has 0 bridgehead atoms. The van der Waals surface area contributed by atoms with Crippen LogP contribution in [-0.4, -0.2) is 34.7 Å². The summed E-state index contributed by atoms with van der Waals surface area (Å²) in [6.45, 7) is 0. The number of rotatable bonds is 6. The van der Waals surface area contributed by atoms with Crippen molar-refractivity contribution in [2.75, 3.05) is 14.2 Å². The Morgan fingerprint density at radius 1 is 1.20 bits per heavy atom. The summed E-state index contributed by atoms with van der Waals surface area (Å²) >= 11 is 1.82. The summed E-state index contributed by atoms with van der Waals surface area (Å²) in [5.74, 6) is 0.650. The van der Waals surface area contributed by atoms with E-state index in [1.165, 1.54) is 14.2 Å². The molecule has 25 heavy (non-hydrogen) atoms. The molecule has 0 aliphatic heterocycles. The summed E-state index contributed by atoms with van der Waals surface area (Å²) in [4.78, 5) is 0. The number of ether oxygens (including phenoxy) is 2. The van der Waals surface area contributed by atoms with Gasteiger partial charge in [-0.1, -0.05) is 31.7 Å². The van der Waals surface area contributed by atoms with Gasteiger partial charge in [-0.3, -0.25) is 0 Å². The Hall–Kier alpha value is -0.397. The minimum absolute atomic E-state index is 0. The molecule has 0 amide bonds. The average molecular weight is 478 g/mol. The van der Waals surface area contributed by atoms with Crippen molar-refractivity contribution in [3.8, 4) is 11.5 Å². The van der Waals surface area contributed by atoms with E-state index in [9.17, 15) is 8.42 Å². The van der Waals surface area contributed by atoms with Gasteiger partial charge in [0.15, 0.2) is 0 Å². The topological polar surface area (TPSA) is 90.5 Å². The van der Waals surface area contributed by atoms with Crippen molar-refractivity contribution in [1.29, 1.82) is 0 Å². The molecule has 0 radical (unpaired) electrons. The number of hydrogen-bond donors (Lipinski definition) is 0. The van der Waals surface area contributed by atoms with Crippen molar-refractivity contribution in [3.05, 3.63) is 41.6 Å². The second kappa shape index (κ2) is 12.1. The predicted octanol–water partition coefficient (Wildman–Crippen LogP) is 4.41. The van der Waals surface area contributed by atoms with E-state index < -0.39 is 22.1 Å². The molecular weight excluding hydrogens is 453 g/mol. The fourth-order valence-electron chi connectivity index (χ4n) is 2.73. The van der Waals surface area contributed by atoms with Crippen LogP contribution in [0.5, 0.6) is 11.5 Å². The Morgan fingerprint density at radius 2 is 1.72 bits per heavy atom. The zero-order valence-corrected chi connectivity index (χ0v) is 18.0. The van der Waals surface area contributed by atoms with Gasteiger partial charge >= 0.3 is 27.0 Å². The zero-order chi connectivity index (χ0) is 18.2. The Bertz CT molecular complexity index is 594. The van der Waals surface area contributed by atoms with Gasteiger partial charge in [-0.05, 0) is 12.1 Å². The molecule has 144 valence electrons. The molecule has 1 fully saturated rings. The standard InChI is InChI=1S/C15H22N2O4S.CH3.ClH.Ru/c1-20-14-8-5-9-15(21-2)11(14)10-22(18,19)17-13-7-4-3-6-12(13)16;;;/h5,8-9,12-13,16H,3-4,6-7,10H2,1-2H3;1H3;1H;/q-2;-1;;+4/p-1.